The lowest BCUT2D eigenvalue weighted by atomic mass is 10.1. The maximum atomic E-state index is 12.8. The number of carbonyl (C=O) groups excluding carboxylic acids is 2. The fraction of sp³-hybridized carbons (Fsp3) is 0.391. The summed E-state index contributed by atoms with van der Waals surface area (Å²) >= 11 is 0. The first-order chi connectivity index (χ1) is 14.1. The van der Waals surface area contributed by atoms with E-state index in [-0.39, 0.29) is 24.2 Å². The zero-order chi connectivity index (χ0) is 22.4. The second-order valence-electron chi connectivity index (χ2n) is 7.70. The average Bonchev–Trinajstić information content (AvgIpc) is 2.63. The van der Waals surface area contributed by atoms with Crippen molar-refractivity contribution in [1.29, 1.82) is 0 Å². The summed E-state index contributed by atoms with van der Waals surface area (Å²) in [5.74, 6) is 0.0222. The van der Waals surface area contributed by atoms with Crippen molar-refractivity contribution < 1.29 is 23.8 Å². The minimum Gasteiger partial charge on any atom is -0.489 e. The molecule has 0 aliphatic heterocycles. The summed E-state index contributed by atoms with van der Waals surface area (Å²) in [6.07, 6.45) is -0.464. The molecule has 7 nitrogen and oxygen atoms in total. The molecular formula is C23H30N2O5. The van der Waals surface area contributed by atoms with Crippen LogP contribution in [-0.4, -0.2) is 30.2 Å². The molecule has 0 saturated carbocycles. The van der Waals surface area contributed by atoms with Gasteiger partial charge in [0.1, 0.15) is 11.5 Å². The molecule has 0 saturated heterocycles. The van der Waals surface area contributed by atoms with Gasteiger partial charge in [0.15, 0.2) is 0 Å². The molecular weight excluding hydrogens is 384 g/mol. The molecule has 3 N–H and O–H groups in total. The van der Waals surface area contributed by atoms with Crippen LogP contribution in [0.25, 0.3) is 0 Å². The molecule has 0 bridgehead atoms. The number of hydrogen-bond acceptors (Lipinski definition) is 6. The molecule has 2 aromatic rings. The zero-order valence-electron chi connectivity index (χ0n) is 18.3. The van der Waals surface area contributed by atoms with Gasteiger partial charge < -0.3 is 25.3 Å². The molecule has 1 amide bonds. The molecule has 0 aromatic heterocycles. The van der Waals surface area contributed by atoms with Crippen LogP contribution in [0, 0.1) is 0 Å². The first-order valence-electron chi connectivity index (χ1n) is 9.96. The smallest absolute Gasteiger partial charge is 0.338 e. The van der Waals surface area contributed by atoms with Crippen LogP contribution in [0.4, 0.5) is 11.4 Å². The summed E-state index contributed by atoms with van der Waals surface area (Å²) in [6.45, 7) is 11.0. The van der Waals surface area contributed by atoms with Crippen molar-refractivity contribution in [2.45, 2.75) is 59.9 Å². The van der Waals surface area contributed by atoms with Gasteiger partial charge in [0.2, 0.25) is 0 Å². The Morgan fingerprint density at radius 1 is 0.800 bits per heavy atom. The first-order valence-corrected chi connectivity index (χ1v) is 9.96. The van der Waals surface area contributed by atoms with Gasteiger partial charge in [0.25, 0.3) is 5.91 Å². The normalized spacial score (nSPS) is 11.0. The second-order valence-corrected chi connectivity index (χ2v) is 7.70. The number of hydrogen-bond donors (Lipinski definition) is 2. The largest absolute Gasteiger partial charge is 0.489 e. The Balaban J connectivity index is 2.30. The van der Waals surface area contributed by atoms with Gasteiger partial charge >= 0.3 is 5.97 Å². The van der Waals surface area contributed by atoms with Crippen molar-refractivity contribution in [3.8, 4) is 11.5 Å². The second kappa shape index (κ2) is 10.0. The predicted molar refractivity (Wildman–Crippen MR) is 117 cm³/mol. The summed E-state index contributed by atoms with van der Waals surface area (Å²) < 4.78 is 16.7. The maximum absolute atomic E-state index is 12.8. The Hall–Kier alpha value is -3.22. The van der Waals surface area contributed by atoms with Crippen LogP contribution in [-0.2, 0) is 4.74 Å². The number of anilines is 2. The summed E-state index contributed by atoms with van der Waals surface area (Å²) in [5.41, 5.74) is 7.56. The van der Waals surface area contributed by atoms with Crippen molar-refractivity contribution >= 4 is 23.3 Å². The fourth-order valence-electron chi connectivity index (χ4n) is 2.61. The SMILES string of the molecule is CC(C)OC(=O)c1ccc(NC(=O)c2ccc(N)c(OC(C)C)c2)c(OC(C)C)c1. The van der Waals surface area contributed by atoms with E-state index < -0.39 is 5.97 Å². The van der Waals surface area contributed by atoms with Crippen LogP contribution in [0.15, 0.2) is 36.4 Å². The van der Waals surface area contributed by atoms with Crippen LogP contribution in [0.5, 0.6) is 11.5 Å². The van der Waals surface area contributed by atoms with Gasteiger partial charge in [0.05, 0.1) is 35.3 Å². The quantitative estimate of drug-likeness (QED) is 0.481. The molecule has 30 heavy (non-hydrogen) atoms. The third-order valence-electron chi connectivity index (χ3n) is 3.81. The molecule has 0 heterocycles. The van der Waals surface area contributed by atoms with Crippen molar-refractivity contribution in [1.82, 2.24) is 0 Å². The highest BCUT2D eigenvalue weighted by Gasteiger charge is 2.17. The summed E-state index contributed by atoms with van der Waals surface area (Å²) in [7, 11) is 0. The predicted octanol–water partition coefficient (Wildman–Crippen LogP) is 4.66. The fourth-order valence-corrected chi connectivity index (χ4v) is 2.61. The van der Waals surface area contributed by atoms with E-state index in [1.165, 1.54) is 0 Å². The Labute approximate surface area is 177 Å². The molecule has 0 atom stereocenters. The summed E-state index contributed by atoms with van der Waals surface area (Å²) in [6, 6.07) is 9.62. The van der Waals surface area contributed by atoms with Crippen LogP contribution >= 0.6 is 0 Å². The van der Waals surface area contributed by atoms with Gasteiger partial charge in [-0.3, -0.25) is 4.79 Å². The lowest BCUT2D eigenvalue weighted by Gasteiger charge is -2.17. The number of nitrogens with two attached hydrogens (primary N) is 1. The van der Waals surface area contributed by atoms with E-state index in [1.807, 2.05) is 27.7 Å². The number of nitrogen functional groups attached to an aromatic ring is 1. The standard InChI is InChI=1S/C23H30N2O5/c1-13(2)28-20-11-16(7-9-18(20)24)22(26)25-19-10-8-17(23(27)30-15(5)6)12-21(19)29-14(3)4/h7-15H,24H2,1-6H3,(H,25,26). The summed E-state index contributed by atoms with van der Waals surface area (Å²) in [4.78, 5) is 25.0. The molecule has 0 radical (unpaired) electrons. The Morgan fingerprint density at radius 2 is 1.37 bits per heavy atom. The van der Waals surface area contributed by atoms with Gasteiger partial charge in [0, 0.05) is 5.56 Å². The number of esters is 1. The molecule has 2 rings (SSSR count). The molecule has 2 aromatic carbocycles. The molecule has 0 spiro atoms. The van der Waals surface area contributed by atoms with Crippen molar-refractivity contribution in [3.05, 3.63) is 47.5 Å². The van der Waals surface area contributed by atoms with Gasteiger partial charge in [-0.05, 0) is 77.9 Å². The molecule has 0 aliphatic carbocycles. The van der Waals surface area contributed by atoms with Crippen LogP contribution in [0.1, 0.15) is 62.3 Å². The van der Waals surface area contributed by atoms with E-state index in [9.17, 15) is 9.59 Å². The first kappa shape index (κ1) is 23.1. The molecule has 7 heteroatoms. The average molecular weight is 415 g/mol. The number of amides is 1. The van der Waals surface area contributed by atoms with Gasteiger partial charge in [-0.1, -0.05) is 0 Å². The van der Waals surface area contributed by atoms with Crippen molar-refractivity contribution in [2.75, 3.05) is 11.1 Å². The maximum Gasteiger partial charge on any atom is 0.338 e. The Bertz CT molecular complexity index is 906. The Kier molecular flexibility index (Phi) is 7.69. The van der Waals surface area contributed by atoms with Gasteiger partial charge in [-0.15, -0.1) is 0 Å². The monoisotopic (exact) mass is 414 g/mol. The molecule has 162 valence electrons. The number of rotatable bonds is 8. The van der Waals surface area contributed by atoms with E-state index in [1.54, 1.807) is 50.2 Å². The zero-order valence-corrected chi connectivity index (χ0v) is 18.3. The van der Waals surface area contributed by atoms with E-state index >= 15 is 0 Å². The highest BCUT2D eigenvalue weighted by molar-refractivity contribution is 6.06. The van der Waals surface area contributed by atoms with E-state index in [0.717, 1.165) is 0 Å². The molecule has 0 unspecified atom stereocenters. The van der Waals surface area contributed by atoms with Crippen molar-refractivity contribution in [2.24, 2.45) is 0 Å². The van der Waals surface area contributed by atoms with E-state index in [4.69, 9.17) is 19.9 Å². The lowest BCUT2D eigenvalue weighted by molar-refractivity contribution is 0.0377. The van der Waals surface area contributed by atoms with Gasteiger partial charge in [-0.25, -0.2) is 4.79 Å². The number of carbonyl (C=O) groups is 2. The molecule has 0 fully saturated rings. The third kappa shape index (κ3) is 6.40. The lowest BCUT2D eigenvalue weighted by Crippen LogP contribution is -2.16. The summed E-state index contributed by atoms with van der Waals surface area (Å²) in [5, 5.41) is 2.83. The van der Waals surface area contributed by atoms with Crippen LogP contribution in [0.3, 0.4) is 0 Å². The van der Waals surface area contributed by atoms with Crippen LogP contribution in [0.2, 0.25) is 0 Å². The highest BCUT2D eigenvalue weighted by Crippen LogP contribution is 2.29. The Morgan fingerprint density at radius 3 is 1.97 bits per heavy atom. The third-order valence-corrected chi connectivity index (χ3v) is 3.81. The topological polar surface area (TPSA) is 99.9 Å². The van der Waals surface area contributed by atoms with Gasteiger partial charge in [-0.2, -0.15) is 0 Å². The van der Waals surface area contributed by atoms with Crippen LogP contribution < -0.4 is 20.5 Å². The number of ether oxygens (including phenoxy) is 3. The minimum atomic E-state index is -0.453. The molecule has 0 aliphatic rings. The number of nitrogens with one attached hydrogen (secondary N) is 1. The van der Waals surface area contributed by atoms with Crippen molar-refractivity contribution in [3.63, 3.8) is 0 Å². The minimum absolute atomic E-state index is 0.0743. The van der Waals surface area contributed by atoms with E-state index in [0.29, 0.717) is 34.0 Å². The highest BCUT2D eigenvalue weighted by atomic mass is 16.5. The number of benzene rings is 2. The van der Waals surface area contributed by atoms with E-state index in [2.05, 4.69) is 5.32 Å².